The fourth-order valence-corrected chi connectivity index (χ4v) is 2.74. The molecule has 3 nitrogen and oxygen atoms in total. The van der Waals surface area contributed by atoms with Gasteiger partial charge >= 0.3 is 0 Å². The Morgan fingerprint density at radius 3 is 2.63 bits per heavy atom. The van der Waals surface area contributed by atoms with Crippen LogP contribution in [0.1, 0.15) is 19.4 Å². The summed E-state index contributed by atoms with van der Waals surface area (Å²) in [5, 5.41) is 1.07. The molecule has 1 saturated heterocycles. The molecule has 5 heteroatoms. The molecule has 0 aliphatic carbocycles. The van der Waals surface area contributed by atoms with E-state index in [1.807, 2.05) is 18.7 Å². The van der Waals surface area contributed by atoms with Gasteiger partial charge in [0.2, 0.25) is 5.91 Å². The van der Waals surface area contributed by atoms with Gasteiger partial charge in [-0.1, -0.05) is 29.3 Å². The van der Waals surface area contributed by atoms with Crippen molar-refractivity contribution in [3.63, 3.8) is 0 Å². The molecule has 0 aromatic heterocycles. The molecular weight excluding hydrogens is 285 g/mol. The fourth-order valence-electron chi connectivity index (χ4n) is 2.20. The van der Waals surface area contributed by atoms with Gasteiger partial charge in [0.15, 0.2) is 0 Å². The van der Waals surface area contributed by atoms with Crippen molar-refractivity contribution in [3.8, 4) is 0 Å². The van der Waals surface area contributed by atoms with Gasteiger partial charge in [0, 0.05) is 16.6 Å². The maximum absolute atomic E-state index is 12.4. The van der Waals surface area contributed by atoms with Gasteiger partial charge in [-0.2, -0.15) is 0 Å². The van der Waals surface area contributed by atoms with E-state index >= 15 is 0 Å². The number of nitrogens with zero attached hydrogens (tertiary/aromatic N) is 1. The summed E-state index contributed by atoms with van der Waals surface area (Å²) in [6.07, 6.45) is 0.303. The highest BCUT2D eigenvalue weighted by Crippen LogP contribution is 2.26. The van der Waals surface area contributed by atoms with E-state index in [0.717, 1.165) is 0 Å². The summed E-state index contributed by atoms with van der Waals surface area (Å²) in [6, 6.07) is 5.37. The first-order chi connectivity index (χ1) is 8.99. The van der Waals surface area contributed by atoms with Crippen molar-refractivity contribution in [2.75, 3.05) is 13.2 Å². The Hall–Kier alpha value is -0.770. The predicted molar refractivity (Wildman–Crippen MR) is 76.8 cm³/mol. The van der Waals surface area contributed by atoms with Crippen LogP contribution in [0.15, 0.2) is 18.2 Å². The zero-order valence-electron chi connectivity index (χ0n) is 11.0. The highest BCUT2D eigenvalue weighted by molar-refractivity contribution is 6.36. The topological polar surface area (TPSA) is 29.5 Å². The molecule has 1 amide bonds. The van der Waals surface area contributed by atoms with E-state index in [2.05, 4.69) is 0 Å². The van der Waals surface area contributed by atoms with Crippen molar-refractivity contribution in [1.82, 2.24) is 4.90 Å². The third-order valence-electron chi connectivity index (χ3n) is 3.32. The van der Waals surface area contributed by atoms with Gasteiger partial charge < -0.3 is 9.64 Å². The summed E-state index contributed by atoms with van der Waals surface area (Å²) in [5.74, 6) is 0.0395. The third kappa shape index (κ3) is 3.41. The Labute approximate surface area is 123 Å². The molecule has 1 aromatic carbocycles. The van der Waals surface area contributed by atoms with Crippen LogP contribution in [0, 0.1) is 0 Å². The lowest BCUT2D eigenvalue weighted by atomic mass is 10.1. The Bertz CT molecular complexity index is 458. The van der Waals surface area contributed by atoms with Crippen molar-refractivity contribution in [2.45, 2.75) is 32.4 Å². The largest absolute Gasteiger partial charge is 0.375 e. The first-order valence-electron chi connectivity index (χ1n) is 6.33. The first-order valence-corrected chi connectivity index (χ1v) is 7.08. The van der Waals surface area contributed by atoms with Crippen LogP contribution in [-0.4, -0.2) is 36.1 Å². The zero-order valence-corrected chi connectivity index (χ0v) is 12.5. The minimum absolute atomic E-state index is 0.0395. The lowest BCUT2D eigenvalue weighted by Crippen LogP contribution is -2.50. The Balaban J connectivity index is 2.12. The maximum Gasteiger partial charge on any atom is 0.227 e. The molecule has 2 atom stereocenters. The molecule has 1 aliphatic rings. The molecule has 0 bridgehead atoms. The van der Waals surface area contributed by atoms with Crippen molar-refractivity contribution in [2.24, 2.45) is 0 Å². The van der Waals surface area contributed by atoms with Gasteiger partial charge in [0.25, 0.3) is 0 Å². The van der Waals surface area contributed by atoms with E-state index < -0.39 is 0 Å². The summed E-state index contributed by atoms with van der Waals surface area (Å²) in [6.45, 7) is 5.14. The van der Waals surface area contributed by atoms with Crippen LogP contribution in [-0.2, 0) is 16.0 Å². The van der Waals surface area contributed by atoms with E-state index in [1.54, 1.807) is 18.2 Å². The summed E-state index contributed by atoms with van der Waals surface area (Å²) in [5.41, 5.74) is 0.696. The normalized spacial score (nSPS) is 23.5. The van der Waals surface area contributed by atoms with E-state index in [-0.39, 0.29) is 24.5 Å². The number of carbonyl (C=O) groups excluding carboxylic acids is 1. The molecule has 104 valence electrons. The van der Waals surface area contributed by atoms with E-state index in [9.17, 15) is 4.79 Å². The van der Waals surface area contributed by atoms with Gasteiger partial charge in [-0.3, -0.25) is 4.79 Å². The molecule has 1 aliphatic heterocycles. The molecule has 1 fully saturated rings. The van der Waals surface area contributed by atoms with Crippen molar-refractivity contribution >= 4 is 29.1 Å². The Morgan fingerprint density at radius 2 is 2.00 bits per heavy atom. The molecule has 1 aromatic rings. The second-order valence-corrected chi connectivity index (χ2v) is 5.73. The summed E-state index contributed by atoms with van der Waals surface area (Å²) >= 11 is 12.2. The number of carbonyl (C=O) groups is 1. The van der Waals surface area contributed by atoms with Crippen molar-refractivity contribution in [3.05, 3.63) is 33.8 Å². The summed E-state index contributed by atoms with van der Waals surface area (Å²) < 4.78 is 5.52. The van der Waals surface area contributed by atoms with Gasteiger partial charge in [-0.15, -0.1) is 0 Å². The van der Waals surface area contributed by atoms with Gasteiger partial charge in [-0.05, 0) is 31.5 Å². The van der Waals surface area contributed by atoms with Crippen LogP contribution >= 0.6 is 23.2 Å². The van der Waals surface area contributed by atoms with Crippen LogP contribution in [0.4, 0.5) is 0 Å². The van der Waals surface area contributed by atoms with Crippen LogP contribution in [0.2, 0.25) is 10.0 Å². The van der Waals surface area contributed by atoms with Gasteiger partial charge in [0.1, 0.15) is 0 Å². The second-order valence-electron chi connectivity index (χ2n) is 4.92. The lowest BCUT2D eigenvalue weighted by Gasteiger charge is -2.37. The van der Waals surface area contributed by atoms with Crippen LogP contribution in [0.5, 0.6) is 0 Å². The molecule has 2 unspecified atom stereocenters. The van der Waals surface area contributed by atoms with Crippen LogP contribution in [0.25, 0.3) is 0 Å². The molecule has 1 heterocycles. The molecule has 0 saturated carbocycles. The lowest BCUT2D eigenvalue weighted by molar-refractivity contribution is -0.142. The minimum Gasteiger partial charge on any atom is -0.375 e. The first kappa shape index (κ1) is 14.6. The van der Waals surface area contributed by atoms with E-state index in [4.69, 9.17) is 27.9 Å². The highest BCUT2D eigenvalue weighted by Gasteiger charge is 2.28. The smallest absolute Gasteiger partial charge is 0.227 e. The van der Waals surface area contributed by atoms with Crippen molar-refractivity contribution < 1.29 is 9.53 Å². The molecule has 0 radical (unpaired) electrons. The number of benzene rings is 1. The molecule has 2 rings (SSSR count). The number of ether oxygens (including phenoxy) is 1. The minimum atomic E-state index is 0.0395. The molecular formula is C14H17Cl2NO2. The quantitative estimate of drug-likeness (QED) is 0.840. The number of halogens is 2. The average molecular weight is 302 g/mol. The predicted octanol–water partition coefficient (Wildman–Crippen LogP) is 3.17. The molecule has 0 spiro atoms. The number of hydrogen-bond donors (Lipinski definition) is 0. The molecule has 19 heavy (non-hydrogen) atoms. The third-order valence-corrected chi connectivity index (χ3v) is 4.03. The highest BCUT2D eigenvalue weighted by atomic mass is 35.5. The number of rotatable bonds is 2. The molecule has 0 N–H and O–H groups in total. The number of morpholine rings is 1. The van der Waals surface area contributed by atoms with Gasteiger partial charge in [0.05, 0.1) is 25.2 Å². The van der Waals surface area contributed by atoms with E-state index in [1.165, 1.54) is 0 Å². The summed E-state index contributed by atoms with van der Waals surface area (Å²) in [7, 11) is 0. The standard InChI is InChI=1S/C14H17Cl2NO2/c1-9-8-19-10(2)7-17(9)14(18)6-11-12(15)4-3-5-13(11)16/h3-5,9-10H,6-8H2,1-2H3. The summed E-state index contributed by atoms with van der Waals surface area (Å²) in [4.78, 5) is 14.2. The SMILES string of the molecule is CC1CN(C(=O)Cc2c(Cl)cccc2Cl)C(C)CO1. The Kier molecular flexibility index (Phi) is 4.71. The number of amides is 1. The van der Waals surface area contributed by atoms with E-state index in [0.29, 0.717) is 28.8 Å². The number of hydrogen-bond acceptors (Lipinski definition) is 2. The van der Waals surface area contributed by atoms with Crippen molar-refractivity contribution in [1.29, 1.82) is 0 Å². The van der Waals surface area contributed by atoms with Crippen LogP contribution < -0.4 is 0 Å². The maximum atomic E-state index is 12.4. The van der Waals surface area contributed by atoms with Crippen LogP contribution in [0.3, 0.4) is 0 Å². The average Bonchev–Trinajstić information content (AvgIpc) is 2.37. The monoisotopic (exact) mass is 301 g/mol. The second kappa shape index (κ2) is 6.12. The fraction of sp³-hybridized carbons (Fsp3) is 0.500. The zero-order chi connectivity index (χ0) is 14.0. The van der Waals surface area contributed by atoms with Gasteiger partial charge in [-0.25, -0.2) is 0 Å². The Morgan fingerprint density at radius 1 is 1.37 bits per heavy atom.